The van der Waals surface area contributed by atoms with Gasteiger partial charge < -0.3 is 10.2 Å². The van der Waals surface area contributed by atoms with Crippen LogP contribution in [0.15, 0.2) is 0 Å². The van der Waals surface area contributed by atoms with E-state index in [9.17, 15) is 0 Å². The van der Waals surface area contributed by atoms with Crippen molar-refractivity contribution in [1.29, 1.82) is 0 Å². The zero-order valence-corrected chi connectivity index (χ0v) is 4.58. The van der Waals surface area contributed by atoms with Gasteiger partial charge >= 0.3 is 0 Å². The van der Waals surface area contributed by atoms with Crippen LogP contribution < -0.4 is 0 Å². The van der Waals surface area contributed by atoms with Crippen molar-refractivity contribution in [3.8, 4) is 0 Å². The zero-order valence-electron chi connectivity index (χ0n) is 2.72. The van der Waals surface area contributed by atoms with Gasteiger partial charge in [-0.25, -0.2) is 11.5 Å². The monoisotopic (exact) mass is 166 g/mol. The maximum Gasteiger partial charge on any atom is 0 e. The predicted octanol–water partition coefficient (Wildman–Crippen LogP) is -1.00. The van der Waals surface area contributed by atoms with Crippen LogP contribution in [0.4, 0.5) is 0 Å². The summed E-state index contributed by atoms with van der Waals surface area (Å²) in [5.74, 6) is 0. The second-order valence-electron chi connectivity index (χ2n) is 0.512. The Hall–Kier alpha value is -0.281. The molecule has 0 saturated carbocycles. The van der Waals surface area contributed by atoms with Gasteiger partial charge in [0.25, 0.3) is 0 Å². The maximum atomic E-state index is 3.25. The van der Waals surface area contributed by atoms with Crippen LogP contribution in [0.5, 0.6) is 0 Å². The molecule has 5 heteroatoms. The molecule has 0 fully saturated rings. The fourth-order valence-electron chi connectivity index (χ4n) is 0.112. The van der Waals surface area contributed by atoms with E-state index in [4.69, 9.17) is 0 Å². The van der Waals surface area contributed by atoms with Gasteiger partial charge in [-0.2, -0.15) is 0 Å². The molecule has 1 rings (SSSR count). The molecule has 0 aromatic carbocycles. The molecule has 4 nitrogen and oxygen atoms in total. The molecule has 0 amide bonds. The number of tetrazole rings is 1. The Morgan fingerprint density at radius 2 is 2.33 bits per heavy atom. The van der Waals surface area contributed by atoms with Crippen molar-refractivity contribution in [3.05, 3.63) is 6.33 Å². The molecular weight excluding hydrogens is 166 g/mol. The molecule has 1 radical (unpaired) electrons. The fraction of sp³-hybridized carbons (Fsp3) is 0. The fourth-order valence-corrected chi connectivity index (χ4v) is 0.112. The third kappa shape index (κ3) is 1.23. The first kappa shape index (κ1) is 5.72. The van der Waals surface area contributed by atoms with Gasteiger partial charge in [0.05, 0.1) is 0 Å². The second kappa shape index (κ2) is 2.93. The van der Waals surface area contributed by atoms with E-state index in [0.717, 1.165) is 0 Å². The third-order valence-corrected chi connectivity index (χ3v) is 0.239. The normalized spacial score (nSPS) is 6.67. The summed E-state index contributed by atoms with van der Waals surface area (Å²) < 4.78 is 0. The second-order valence-corrected chi connectivity index (χ2v) is 0.512. The molecule has 1 N–H and O–H groups in total. The van der Waals surface area contributed by atoms with Crippen LogP contribution in [0.2, 0.25) is 0 Å². The first-order valence-corrected chi connectivity index (χ1v) is 1.09. The molecule has 0 spiro atoms. The van der Waals surface area contributed by atoms with Crippen molar-refractivity contribution in [2.45, 2.75) is 0 Å². The maximum absolute atomic E-state index is 3.25. The van der Waals surface area contributed by atoms with Crippen LogP contribution in [0.25, 0.3) is 0 Å². The molecule has 0 atom stereocenters. The van der Waals surface area contributed by atoms with Gasteiger partial charge in [-0.15, -0.1) is 0 Å². The van der Waals surface area contributed by atoms with Crippen LogP contribution >= 0.6 is 0 Å². The van der Waals surface area contributed by atoms with Gasteiger partial charge in [-0.3, -0.25) is 0 Å². The van der Waals surface area contributed by atoms with E-state index in [0.29, 0.717) is 0 Å². The van der Waals surface area contributed by atoms with Gasteiger partial charge in [-0.05, 0) is 0 Å². The molecule has 0 saturated heterocycles. The number of rotatable bonds is 0. The van der Waals surface area contributed by atoms with Crippen LogP contribution in [-0.2, 0) is 20.1 Å². The standard InChI is InChI=1S/CHN4.Tc/c1-2-4-5-3-1;/h(H,2,3,4,5);/q-1;. The van der Waals surface area contributed by atoms with E-state index >= 15 is 0 Å². The predicted molar refractivity (Wildman–Crippen MR) is 13.0 cm³/mol. The topological polar surface area (TPSA) is 54.5 Å². The third-order valence-electron chi connectivity index (χ3n) is 0.239. The Morgan fingerprint density at radius 1 is 1.50 bits per heavy atom. The summed E-state index contributed by atoms with van der Waals surface area (Å²) in [5, 5.41) is 11.8. The van der Waals surface area contributed by atoms with Crippen LogP contribution in [0.1, 0.15) is 0 Å². The Kier molecular flexibility index (Phi) is 2.79. The number of H-pyrrole nitrogens is 1. The minimum atomic E-state index is 0. The summed E-state index contributed by atoms with van der Waals surface area (Å²) in [4.78, 5) is 0. The minimum absolute atomic E-state index is 0. The van der Waals surface area contributed by atoms with Gasteiger partial charge in [0.2, 0.25) is 0 Å². The van der Waals surface area contributed by atoms with Crippen molar-refractivity contribution in [1.82, 2.24) is 20.6 Å². The average molecular weight is 167 g/mol. The molecule has 1 aromatic rings. The zero-order chi connectivity index (χ0) is 3.54. The average Bonchev–Trinajstić information content (AvgIpc) is 1.76. The van der Waals surface area contributed by atoms with Crippen molar-refractivity contribution in [2.24, 2.45) is 0 Å². The van der Waals surface area contributed by atoms with Crippen LogP contribution in [-0.4, -0.2) is 20.6 Å². The minimum Gasteiger partial charge on any atom is -0.357 e. The number of nitrogens with one attached hydrogen (secondary N) is 1. The summed E-state index contributed by atoms with van der Waals surface area (Å²) >= 11 is 0. The molecule has 0 unspecified atom stereocenters. The molecule has 0 aliphatic rings. The van der Waals surface area contributed by atoms with Crippen molar-refractivity contribution < 1.29 is 20.1 Å². The SMILES string of the molecule is [Tc].[c-]1nn[nH]n1. The first-order chi connectivity index (χ1) is 2.50. The molecule has 33 valence electrons. The molecule has 0 aliphatic carbocycles. The smallest absolute Gasteiger partial charge is 0 e. The van der Waals surface area contributed by atoms with Gasteiger partial charge in [0.1, 0.15) is 0 Å². The summed E-state index contributed by atoms with van der Waals surface area (Å²) in [6.45, 7) is 0. The number of hydrogen-bond donors (Lipinski definition) is 1. The van der Waals surface area contributed by atoms with Crippen LogP contribution in [0, 0.1) is 6.33 Å². The molecule has 0 aliphatic heterocycles. The van der Waals surface area contributed by atoms with Gasteiger partial charge in [-0.1, -0.05) is 5.21 Å². The van der Waals surface area contributed by atoms with Crippen LogP contribution in [0.3, 0.4) is 0 Å². The van der Waals surface area contributed by atoms with E-state index in [1.165, 1.54) is 0 Å². The Morgan fingerprint density at radius 3 is 2.50 bits per heavy atom. The molecule has 1 heterocycles. The van der Waals surface area contributed by atoms with E-state index in [2.05, 4.69) is 27.0 Å². The summed E-state index contributed by atoms with van der Waals surface area (Å²) in [6, 6.07) is 0. The van der Waals surface area contributed by atoms with Gasteiger partial charge in [0.15, 0.2) is 0 Å². The number of nitrogens with zero attached hydrogens (tertiary/aromatic N) is 3. The first-order valence-electron chi connectivity index (χ1n) is 1.09. The van der Waals surface area contributed by atoms with E-state index < -0.39 is 0 Å². The number of aromatic nitrogens is 4. The molecular formula is CHN4Tc-. The molecule has 6 heavy (non-hydrogen) atoms. The number of hydrogen-bond acceptors (Lipinski definition) is 3. The Labute approximate surface area is 47.7 Å². The van der Waals surface area contributed by atoms with E-state index in [-0.39, 0.29) is 20.1 Å². The summed E-state index contributed by atoms with van der Waals surface area (Å²) in [5.41, 5.74) is 0. The quantitative estimate of drug-likeness (QED) is 0.504. The van der Waals surface area contributed by atoms with Crippen molar-refractivity contribution >= 4 is 0 Å². The molecule has 1 aromatic heterocycles. The molecule has 0 bridgehead atoms. The van der Waals surface area contributed by atoms with E-state index in [1.54, 1.807) is 0 Å². The van der Waals surface area contributed by atoms with Gasteiger partial charge in [0, 0.05) is 20.1 Å². The largest absolute Gasteiger partial charge is 0.357 e. The van der Waals surface area contributed by atoms with Crippen molar-refractivity contribution in [3.63, 3.8) is 0 Å². The Balaban J connectivity index is 0.000000250. The number of aromatic amines is 1. The van der Waals surface area contributed by atoms with E-state index in [1.807, 2.05) is 0 Å². The summed E-state index contributed by atoms with van der Waals surface area (Å²) in [7, 11) is 0. The Bertz CT molecular complexity index is 64.0. The van der Waals surface area contributed by atoms with Crippen molar-refractivity contribution in [2.75, 3.05) is 0 Å². The summed E-state index contributed by atoms with van der Waals surface area (Å²) in [6.07, 6.45) is 2.19.